The van der Waals surface area contributed by atoms with Crippen LogP contribution < -0.4 is 0 Å². The fourth-order valence-electron chi connectivity index (χ4n) is 4.61. The molecule has 2 bridgehead atoms. The number of rotatable bonds is 2. The lowest BCUT2D eigenvalue weighted by atomic mass is 9.94. The fraction of sp³-hybridized carbons (Fsp3) is 0.348. The summed E-state index contributed by atoms with van der Waals surface area (Å²) in [6.07, 6.45) is 8.97. The molecule has 0 amide bonds. The van der Waals surface area contributed by atoms with Gasteiger partial charge in [-0.1, -0.05) is 17.7 Å². The molecule has 3 aliphatic rings. The molecule has 1 aromatic carbocycles. The van der Waals surface area contributed by atoms with Crippen molar-refractivity contribution in [2.45, 2.75) is 39.2 Å². The highest BCUT2D eigenvalue weighted by Gasteiger charge is 2.32. The van der Waals surface area contributed by atoms with E-state index in [2.05, 4.69) is 64.0 Å². The van der Waals surface area contributed by atoms with Crippen molar-refractivity contribution in [3.8, 4) is 0 Å². The first kappa shape index (κ1) is 15.8. The lowest BCUT2D eigenvalue weighted by molar-refractivity contribution is 0.220. The Morgan fingerprint density at radius 3 is 2.69 bits per heavy atom. The third-order valence-corrected chi connectivity index (χ3v) is 6.01. The third-order valence-electron chi connectivity index (χ3n) is 6.01. The number of nitrogens with zero attached hydrogens (tertiary/aromatic N) is 3. The number of fused-ring (bicyclic) bond motifs is 3. The molecule has 3 heteroatoms. The molecule has 0 N–H and O–H groups in total. The number of piperidine rings is 1. The van der Waals surface area contributed by atoms with Gasteiger partial charge in [0, 0.05) is 41.6 Å². The molecule has 0 atom stereocenters. The second-order valence-electron chi connectivity index (χ2n) is 7.85. The molecule has 3 nitrogen and oxygen atoms in total. The van der Waals surface area contributed by atoms with Gasteiger partial charge in [0.1, 0.15) is 0 Å². The smallest absolute Gasteiger partial charge is 0.0529 e. The molecule has 2 aromatic heterocycles. The molecule has 0 radical (unpaired) electrons. The van der Waals surface area contributed by atoms with E-state index in [1.54, 1.807) is 11.3 Å². The summed E-state index contributed by atoms with van der Waals surface area (Å²) in [5.41, 5.74) is 7.99. The SMILES string of the molecule is Cc1ccc2c(c1)c1c(n2/C=C\c2ccc(C)nc2)C2CCN(CC2)C1. The Morgan fingerprint density at radius 2 is 1.92 bits per heavy atom. The number of hydrogen-bond donors (Lipinski definition) is 0. The van der Waals surface area contributed by atoms with Crippen molar-refractivity contribution < 1.29 is 0 Å². The minimum absolute atomic E-state index is 0.678. The first-order valence-corrected chi connectivity index (χ1v) is 9.65. The lowest BCUT2D eigenvalue weighted by Gasteiger charge is -2.27. The summed E-state index contributed by atoms with van der Waals surface area (Å²) < 4.78 is 2.46. The van der Waals surface area contributed by atoms with Gasteiger partial charge < -0.3 is 4.57 Å². The van der Waals surface area contributed by atoms with Crippen LogP contribution >= 0.6 is 0 Å². The molecule has 3 aliphatic heterocycles. The van der Waals surface area contributed by atoms with Gasteiger partial charge in [0.2, 0.25) is 0 Å². The summed E-state index contributed by atoms with van der Waals surface area (Å²) in [6, 6.07) is 11.1. The van der Waals surface area contributed by atoms with Gasteiger partial charge in [-0.2, -0.15) is 0 Å². The van der Waals surface area contributed by atoms with E-state index in [0.29, 0.717) is 5.92 Å². The second-order valence-corrected chi connectivity index (χ2v) is 7.85. The van der Waals surface area contributed by atoms with Crippen LogP contribution in [0.3, 0.4) is 0 Å². The molecule has 0 spiro atoms. The first-order valence-electron chi connectivity index (χ1n) is 9.65. The van der Waals surface area contributed by atoms with Crippen molar-refractivity contribution in [1.82, 2.24) is 14.5 Å². The molecule has 26 heavy (non-hydrogen) atoms. The van der Waals surface area contributed by atoms with Crippen LogP contribution in [0.4, 0.5) is 0 Å². The Labute approximate surface area is 155 Å². The van der Waals surface area contributed by atoms with E-state index < -0.39 is 0 Å². The van der Waals surface area contributed by atoms with Gasteiger partial charge in [0.25, 0.3) is 0 Å². The molecule has 1 saturated heterocycles. The summed E-state index contributed by atoms with van der Waals surface area (Å²) in [5.74, 6) is 0.678. The van der Waals surface area contributed by atoms with Crippen LogP contribution in [0.1, 0.15) is 46.8 Å². The number of hydrogen-bond acceptors (Lipinski definition) is 2. The zero-order valence-electron chi connectivity index (χ0n) is 15.6. The lowest BCUT2D eigenvalue weighted by Crippen LogP contribution is -2.29. The molecule has 5 heterocycles. The van der Waals surface area contributed by atoms with Gasteiger partial charge in [-0.15, -0.1) is 0 Å². The Morgan fingerprint density at radius 1 is 1.08 bits per heavy atom. The van der Waals surface area contributed by atoms with Gasteiger partial charge >= 0.3 is 0 Å². The molecular weight excluding hydrogens is 318 g/mol. The summed E-state index contributed by atoms with van der Waals surface area (Å²) in [4.78, 5) is 7.05. The zero-order valence-corrected chi connectivity index (χ0v) is 15.6. The predicted octanol–water partition coefficient (Wildman–Crippen LogP) is 4.97. The van der Waals surface area contributed by atoms with Crippen LogP contribution in [0, 0.1) is 13.8 Å². The van der Waals surface area contributed by atoms with Crippen LogP contribution in [0.25, 0.3) is 23.2 Å². The molecule has 6 rings (SSSR count). The highest BCUT2D eigenvalue weighted by atomic mass is 15.1. The highest BCUT2D eigenvalue weighted by Crippen LogP contribution is 2.41. The summed E-state index contributed by atoms with van der Waals surface area (Å²) in [6.45, 7) is 7.79. The van der Waals surface area contributed by atoms with Crippen LogP contribution in [0.5, 0.6) is 0 Å². The topological polar surface area (TPSA) is 21.1 Å². The molecule has 0 unspecified atom stereocenters. The van der Waals surface area contributed by atoms with E-state index in [1.807, 2.05) is 13.1 Å². The van der Waals surface area contributed by atoms with Crippen molar-refractivity contribution in [3.05, 3.63) is 64.6 Å². The maximum atomic E-state index is 4.43. The number of pyridine rings is 1. The molecule has 1 fully saturated rings. The Balaban J connectivity index is 1.69. The van der Waals surface area contributed by atoms with E-state index in [1.165, 1.54) is 42.4 Å². The van der Waals surface area contributed by atoms with Gasteiger partial charge in [-0.3, -0.25) is 9.88 Å². The predicted molar refractivity (Wildman–Crippen MR) is 108 cm³/mol. The molecule has 0 aliphatic carbocycles. The average Bonchev–Trinajstić information content (AvgIpc) is 2.78. The van der Waals surface area contributed by atoms with E-state index >= 15 is 0 Å². The minimum Gasteiger partial charge on any atom is -0.320 e. The third kappa shape index (κ3) is 2.58. The van der Waals surface area contributed by atoms with Crippen molar-refractivity contribution in [2.75, 3.05) is 13.1 Å². The van der Waals surface area contributed by atoms with Crippen LogP contribution in [-0.4, -0.2) is 27.5 Å². The summed E-state index contributed by atoms with van der Waals surface area (Å²) >= 11 is 0. The monoisotopic (exact) mass is 343 g/mol. The molecule has 132 valence electrons. The zero-order chi connectivity index (χ0) is 17.7. The first-order chi connectivity index (χ1) is 12.7. The Hall–Kier alpha value is -2.39. The van der Waals surface area contributed by atoms with Crippen LogP contribution in [0.2, 0.25) is 0 Å². The standard InChI is InChI=1S/C23H25N3/c1-16-3-6-22-20(13-16)21-15-25-10-8-19(9-11-25)23(21)26(22)12-7-18-5-4-17(2)24-14-18/h3-7,12-14,19H,8-11,15H2,1-2H3/b12-7-. The largest absolute Gasteiger partial charge is 0.320 e. The number of aromatic nitrogens is 2. The maximum Gasteiger partial charge on any atom is 0.0529 e. The summed E-state index contributed by atoms with van der Waals surface area (Å²) in [7, 11) is 0. The normalized spacial score (nSPS) is 22.1. The van der Waals surface area contributed by atoms with Crippen molar-refractivity contribution in [3.63, 3.8) is 0 Å². The van der Waals surface area contributed by atoms with E-state index in [-0.39, 0.29) is 0 Å². The maximum absolute atomic E-state index is 4.43. The number of benzene rings is 1. The fourth-order valence-corrected chi connectivity index (χ4v) is 4.61. The molecule has 0 saturated carbocycles. The van der Waals surface area contributed by atoms with Crippen molar-refractivity contribution in [2.24, 2.45) is 0 Å². The van der Waals surface area contributed by atoms with Crippen LogP contribution in [-0.2, 0) is 6.54 Å². The minimum atomic E-state index is 0.678. The highest BCUT2D eigenvalue weighted by molar-refractivity contribution is 5.89. The average molecular weight is 343 g/mol. The van der Waals surface area contributed by atoms with E-state index in [0.717, 1.165) is 17.8 Å². The number of aryl methyl sites for hydroxylation is 2. The molecular formula is C23H25N3. The van der Waals surface area contributed by atoms with Crippen molar-refractivity contribution in [1.29, 1.82) is 0 Å². The Bertz CT molecular complexity index is 986. The quantitative estimate of drug-likeness (QED) is 0.655. The van der Waals surface area contributed by atoms with Gasteiger partial charge in [-0.05, 0) is 75.2 Å². The second kappa shape index (κ2) is 6.10. The van der Waals surface area contributed by atoms with Gasteiger partial charge in [-0.25, -0.2) is 0 Å². The Kier molecular flexibility index (Phi) is 3.71. The van der Waals surface area contributed by atoms with E-state index in [9.17, 15) is 0 Å². The van der Waals surface area contributed by atoms with Gasteiger partial charge in [0.05, 0.1) is 5.52 Å². The van der Waals surface area contributed by atoms with E-state index in [4.69, 9.17) is 0 Å². The van der Waals surface area contributed by atoms with Crippen molar-refractivity contribution >= 4 is 23.2 Å². The van der Waals surface area contributed by atoms with Crippen LogP contribution in [0.15, 0.2) is 36.5 Å². The summed E-state index contributed by atoms with van der Waals surface area (Å²) in [5, 5.41) is 1.44. The van der Waals surface area contributed by atoms with Gasteiger partial charge in [0.15, 0.2) is 0 Å². The molecule has 3 aromatic rings.